The molecule has 0 radical (unpaired) electrons. The highest BCUT2D eigenvalue weighted by molar-refractivity contribution is 6.06. The number of benzene rings is 2. The molecule has 0 unspecified atom stereocenters. The first kappa shape index (κ1) is 27.1. The van der Waals surface area contributed by atoms with Gasteiger partial charge in [-0.1, -0.05) is 45.1 Å². The molecule has 0 spiro atoms. The van der Waals surface area contributed by atoms with Crippen LogP contribution < -0.4 is 16.5 Å². The number of nitrogens with one attached hydrogen (secondary N) is 2. The summed E-state index contributed by atoms with van der Waals surface area (Å²) < 4.78 is 79.1. The largest absolute Gasteiger partial charge is 0.418 e. The van der Waals surface area contributed by atoms with Gasteiger partial charge < -0.3 is 16.0 Å². The number of H-pyrrole nitrogens is 1. The fraction of sp³-hybridized carbons (Fsp3) is 0.360. The first-order valence-electron chi connectivity index (χ1n) is 11.3. The molecule has 194 valence electrons. The van der Waals surface area contributed by atoms with Crippen molar-refractivity contribution >= 4 is 28.2 Å². The number of hydrogen-bond donors (Lipinski definition) is 3. The van der Waals surface area contributed by atoms with Crippen LogP contribution in [0.4, 0.5) is 37.7 Å². The fourth-order valence-electron chi connectivity index (χ4n) is 4.19. The number of amides is 1. The Balaban J connectivity index is 0.000000444. The minimum atomic E-state index is -4.87. The van der Waals surface area contributed by atoms with Gasteiger partial charge in [-0.15, -0.1) is 0 Å². The number of aromatic nitrogens is 1. The maximum absolute atomic E-state index is 13.2. The summed E-state index contributed by atoms with van der Waals surface area (Å²) in [5, 5.41) is 1.12. The summed E-state index contributed by atoms with van der Waals surface area (Å²) in [5.41, 5.74) is -0.331. The van der Waals surface area contributed by atoms with Crippen molar-refractivity contribution in [3.05, 3.63) is 69.5 Å². The topological polar surface area (TPSA) is 88.0 Å². The molecule has 1 amide bonds. The number of pyridine rings is 1. The summed E-state index contributed by atoms with van der Waals surface area (Å²) in [5.74, 6) is -0.208. The second-order valence-corrected chi connectivity index (χ2v) is 8.57. The second-order valence-electron chi connectivity index (χ2n) is 8.57. The Kier molecular flexibility index (Phi) is 8.00. The van der Waals surface area contributed by atoms with Crippen molar-refractivity contribution in [3.8, 4) is 0 Å². The van der Waals surface area contributed by atoms with Crippen LogP contribution in [0, 0.1) is 5.92 Å². The van der Waals surface area contributed by atoms with Crippen LogP contribution in [0.15, 0.2) is 47.4 Å². The summed E-state index contributed by atoms with van der Waals surface area (Å²) in [6.45, 7) is 2.30. The molecule has 4 N–H and O–H groups in total. The monoisotopic (exact) mass is 513 g/mol. The van der Waals surface area contributed by atoms with Gasteiger partial charge in [0.05, 0.1) is 22.2 Å². The maximum Gasteiger partial charge on any atom is 0.418 e. The van der Waals surface area contributed by atoms with Crippen LogP contribution in [0.25, 0.3) is 10.9 Å². The highest BCUT2D eigenvalue weighted by atomic mass is 19.4. The van der Waals surface area contributed by atoms with Gasteiger partial charge in [-0.2, -0.15) is 26.3 Å². The van der Waals surface area contributed by atoms with Crippen LogP contribution in [0.2, 0.25) is 0 Å². The van der Waals surface area contributed by atoms with E-state index in [-0.39, 0.29) is 11.2 Å². The Morgan fingerprint density at radius 3 is 2.22 bits per heavy atom. The predicted octanol–water partition coefficient (Wildman–Crippen LogP) is 6.99. The van der Waals surface area contributed by atoms with Crippen LogP contribution in [0.5, 0.6) is 0 Å². The van der Waals surface area contributed by atoms with E-state index in [2.05, 4.69) is 11.9 Å². The van der Waals surface area contributed by atoms with E-state index in [9.17, 15) is 35.9 Å². The van der Waals surface area contributed by atoms with E-state index in [1.54, 1.807) is 0 Å². The Hall–Kier alpha value is -3.50. The van der Waals surface area contributed by atoms with Crippen molar-refractivity contribution in [2.75, 3.05) is 11.1 Å². The lowest BCUT2D eigenvalue weighted by Crippen LogP contribution is -2.25. The zero-order valence-corrected chi connectivity index (χ0v) is 19.3. The number of fused-ring (bicyclic) bond motifs is 1. The minimum Gasteiger partial charge on any atom is -0.399 e. The maximum atomic E-state index is 13.2. The first-order chi connectivity index (χ1) is 16.8. The Bertz CT molecular complexity index is 1290. The molecular formula is C25H25F6N3O2. The predicted molar refractivity (Wildman–Crippen MR) is 126 cm³/mol. The average Bonchev–Trinajstić information content (AvgIpc) is 3.33. The van der Waals surface area contributed by atoms with Gasteiger partial charge in [-0.05, 0) is 36.2 Å². The number of nitrogens with two attached hydrogens (primary N) is 1. The molecule has 0 saturated heterocycles. The SMILES string of the molecule is CCC1CCCC1.Nc1ccc(NC(=O)c2c[nH]c3cccc(C(F)(F)F)c3c2=O)c(C(F)(F)F)c1. The molecule has 1 aromatic heterocycles. The molecular weight excluding hydrogens is 488 g/mol. The van der Waals surface area contributed by atoms with E-state index >= 15 is 0 Å². The summed E-state index contributed by atoms with van der Waals surface area (Å²) in [6, 6.07) is 5.51. The molecule has 1 heterocycles. The molecule has 3 aromatic rings. The van der Waals surface area contributed by atoms with Gasteiger partial charge in [0.1, 0.15) is 5.56 Å². The van der Waals surface area contributed by atoms with E-state index in [0.29, 0.717) is 12.1 Å². The molecule has 1 aliphatic carbocycles. The van der Waals surface area contributed by atoms with Crippen molar-refractivity contribution in [2.24, 2.45) is 5.92 Å². The number of anilines is 2. The normalized spacial score (nSPS) is 14.4. The lowest BCUT2D eigenvalue weighted by molar-refractivity contribution is -0.137. The number of nitrogen functional groups attached to an aromatic ring is 1. The van der Waals surface area contributed by atoms with E-state index < -0.39 is 51.5 Å². The quantitative estimate of drug-likeness (QED) is 0.261. The second kappa shape index (κ2) is 10.6. The smallest absolute Gasteiger partial charge is 0.399 e. The number of rotatable bonds is 3. The van der Waals surface area contributed by atoms with Gasteiger partial charge in [0, 0.05) is 17.4 Å². The van der Waals surface area contributed by atoms with Crippen molar-refractivity contribution in [3.63, 3.8) is 0 Å². The molecule has 11 heteroatoms. The van der Waals surface area contributed by atoms with E-state index in [4.69, 9.17) is 5.73 Å². The molecule has 5 nitrogen and oxygen atoms in total. The van der Waals surface area contributed by atoms with Crippen molar-refractivity contribution in [2.45, 2.75) is 51.4 Å². The highest BCUT2D eigenvalue weighted by Gasteiger charge is 2.36. The van der Waals surface area contributed by atoms with Gasteiger partial charge in [-0.3, -0.25) is 9.59 Å². The summed E-state index contributed by atoms with van der Waals surface area (Å²) in [6.07, 6.45) is -1.46. The van der Waals surface area contributed by atoms with Crippen LogP contribution in [-0.2, 0) is 12.4 Å². The molecule has 0 bridgehead atoms. The lowest BCUT2D eigenvalue weighted by atomic mass is 10.0. The van der Waals surface area contributed by atoms with Crippen LogP contribution in [0.1, 0.15) is 60.5 Å². The average molecular weight is 513 g/mol. The van der Waals surface area contributed by atoms with E-state index in [0.717, 1.165) is 30.3 Å². The highest BCUT2D eigenvalue weighted by Crippen LogP contribution is 2.36. The summed E-state index contributed by atoms with van der Waals surface area (Å²) in [4.78, 5) is 27.3. The third-order valence-electron chi connectivity index (χ3n) is 6.11. The molecule has 1 saturated carbocycles. The van der Waals surface area contributed by atoms with Crippen LogP contribution in [-0.4, -0.2) is 10.9 Å². The summed E-state index contributed by atoms with van der Waals surface area (Å²) in [7, 11) is 0. The van der Waals surface area contributed by atoms with Crippen molar-refractivity contribution < 1.29 is 31.1 Å². The van der Waals surface area contributed by atoms with Crippen LogP contribution in [0.3, 0.4) is 0 Å². The molecule has 1 fully saturated rings. The molecule has 36 heavy (non-hydrogen) atoms. The van der Waals surface area contributed by atoms with Gasteiger partial charge in [0.15, 0.2) is 0 Å². The number of aromatic amines is 1. The van der Waals surface area contributed by atoms with E-state index in [1.807, 2.05) is 5.32 Å². The zero-order valence-electron chi connectivity index (χ0n) is 19.3. The molecule has 2 aromatic carbocycles. The standard InChI is InChI=1S/C18H11F6N3O2.C7H14/c19-17(20,21)10-2-1-3-13-14(10)15(28)9(7-26-13)16(29)27-12-5-4-8(25)6-11(12)18(22,23)24;1-2-7-5-3-4-6-7/h1-7H,25H2,(H,26,28)(H,27,29);7H,2-6H2,1H3. The molecule has 0 atom stereocenters. The number of hydrogen-bond acceptors (Lipinski definition) is 3. The van der Waals surface area contributed by atoms with Crippen LogP contribution >= 0.6 is 0 Å². The number of carbonyl (C=O) groups is 1. The number of carbonyl (C=O) groups excluding carboxylic acids is 1. The van der Waals surface area contributed by atoms with Gasteiger partial charge in [0.2, 0.25) is 5.43 Å². The summed E-state index contributed by atoms with van der Waals surface area (Å²) >= 11 is 0. The van der Waals surface area contributed by atoms with Gasteiger partial charge >= 0.3 is 12.4 Å². The van der Waals surface area contributed by atoms with Gasteiger partial charge in [0.25, 0.3) is 5.91 Å². The van der Waals surface area contributed by atoms with Gasteiger partial charge in [-0.25, -0.2) is 0 Å². The Labute approximate surface area is 202 Å². The minimum absolute atomic E-state index is 0.176. The Morgan fingerprint density at radius 2 is 1.67 bits per heavy atom. The molecule has 0 aliphatic heterocycles. The molecule has 1 aliphatic rings. The Morgan fingerprint density at radius 1 is 1.03 bits per heavy atom. The number of alkyl halides is 6. The number of halogens is 6. The first-order valence-corrected chi connectivity index (χ1v) is 11.3. The van der Waals surface area contributed by atoms with Crippen molar-refractivity contribution in [1.29, 1.82) is 0 Å². The van der Waals surface area contributed by atoms with E-state index in [1.165, 1.54) is 38.2 Å². The lowest BCUT2D eigenvalue weighted by Gasteiger charge is -2.15. The zero-order chi connectivity index (χ0) is 26.7. The third kappa shape index (κ3) is 6.19. The third-order valence-corrected chi connectivity index (χ3v) is 6.11. The van der Waals surface area contributed by atoms with Crippen molar-refractivity contribution in [1.82, 2.24) is 4.98 Å². The fourth-order valence-corrected chi connectivity index (χ4v) is 4.19. The molecule has 4 rings (SSSR count).